The third kappa shape index (κ3) is 1.79. The standard InChI is InChI=1S/C13H11N5O/c14-8-5-17-18(7-8)12-9-3-1-2-4-11(9)16-6-10(12)13(15)19/h1-7H,14H2,(H2,15,19). The van der Waals surface area contributed by atoms with Gasteiger partial charge in [-0.2, -0.15) is 5.10 Å². The van der Waals surface area contributed by atoms with Crippen molar-refractivity contribution in [2.24, 2.45) is 5.73 Å². The number of primary amides is 1. The van der Waals surface area contributed by atoms with Crippen LogP contribution in [0.15, 0.2) is 42.9 Å². The lowest BCUT2D eigenvalue weighted by Gasteiger charge is -2.10. The minimum Gasteiger partial charge on any atom is -0.396 e. The molecule has 0 saturated carbocycles. The van der Waals surface area contributed by atoms with Crippen LogP contribution >= 0.6 is 0 Å². The number of para-hydroxylation sites is 1. The molecule has 6 heteroatoms. The number of nitrogens with zero attached hydrogens (tertiary/aromatic N) is 3. The predicted octanol–water partition coefficient (Wildman–Crippen LogP) is 1.10. The van der Waals surface area contributed by atoms with E-state index in [-0.39, 0.29) is 0 Å². The van der Waals surface area contributed by atoms with E-state index in [9.17, 15) is 4.79 Å². The molecule has 1 aromatic carbocycles. The fraction of sp³-hybridized carbons (Fsp3) is 0. The number of nitrogens with two attached hydrogens (primary N) is 2. The number of carbonyl (C=O) groups is 1. The molecule has 1 amide bonds. The molecular formula is C13H11N5O. The van der Waals surface area contributed by atoms with Gasteiger partial charge in [0.05, 0.1) is 34.8 Å². The van der Waals surface area contributed by atoms with Gasteiger partial charge in [0.25, 0.3) is 5.91 Å². The van der Waals surface area contributed by atoms with Gasteiger partial charge < -0.3 is 11.5 Å². The largest absolute Gasteiger partial charge is 0.396 e. The Hall–Kier alpha value is -2.89. The first kappa shape index (κ1) is 11.2. The van der Waals surface area contributed by atoms with Gasteiger partial charge in [0.1, 0.15) is 0 Å². The molecule has 4 N–H and O–H groups in total. The van der Waals surface area contributed by atoms with Gasteiger partial charge in [0.2, 0.25) is 0 Å². The van der Waals surface area contributed by atoms with E-state index in [4.69, 9.17) is 11.5 Å². The van der Waals surface area contributed by atoms with Gasteiger partial charge in [-0.05, 0) is 6.07 Å². The number of carbonyl (C=O) groups excluding carboxylic acids is 1. The summed E-state index contributed by atoms with van der Waals surface area (Å²) >= 11 is 0. The number of hydrogen-bond donors (Lipinski definition) is 2. The molecular weight excluding hydrogens is 242 g/mol. The summed E-state index contributed by atoms with van der Waals surface area (Å²) in [6.07, 6.45) is 4.60. The second kappa shape index (κ2) is 4.09. The highest BCUT2D eigenvalue weighted by Gasteiger charge is 2.15. The quantitative estimate of drug-likeness (QED) is 0.714. The zero-order valence-corrected chi connectivity index (χ0v) is 9.95. The number of hydrogen-bond acceptors (Lipinski definition) is 4. The molecule has 0 unspecified atom stereocenters. The van der Waals surface area contributed by atoms with Gasteiger partial charge in [-0.15, -0.1) is 0 Å². The van der Waals surface area contributed by atoms with Crippen molar-refractivity contribution in [2.75, 3.05) is 5.73 Å². The van der Waals surface area contributed by atoms with Gasteiger partial charge in [0, 0.05) is 11.6 Å². The van der Waals surface area contributed by atoms with Crippen molar-refractivity contribution in [3.63, 3.8) is 0 Å². The third-order valence-corrected chi connectivity index (χ3v) is 2.84. The molecule has 0 aliphatic rings. The van der Waals surface area contributed by atoms with Crippen molar-refractivity contribution >= 4 is 22.5 Å². The SMILES string of the molecule is NC(=O)c1cnc2ccccc2c1-n1cc(N)cn1. The van der Waals surface area contributed by atoms with E-state index in [1.54, 1.807) is 10.9 Å². The first-order valence-electron chi connectivity index (χ1n) is 5.65. The number of anilines is 1. The molecule has 0 aliphatic heterocycles. The maximum absolute atomic E-state index is 11.6. The molecule has 3 aromatic rings. The molecule has 0 spiro atoms. The van der Waals surface area contributed by atoms with Crippen molar-refractivity contribution in [2.45, 2.75) is 0 Å². The van der Waals surface area contributed by atoms with Crippen LogP contribution < -0.4 is 11.5 Å². The van der Waals surface area contributed by atoms with Crippen LogP contribution in [0.1, 0.15) is 10.4 Å². The maximum atomic E-state index is 11.6. The molecule has 3 rings (SSSR count). The minimum atomic E-state index is -0.553. The Labute approximate surface area is 108 Å². The first-order chi connectivity index (χ1) is 9.16. The average molecular weight is 253 g/mol. The van der Waals surface area contributed by atoms with Crippen molar-refractivity contribution < 1.29 is 4.79 Å². The molecule has 0 atom stereocenters. The summed E-state index contributed by atoms with van der Waals surface area (Å²) in [6, 6.07) is 7.46. The van der Waals surface area contributed by atoms with E-state index in [0.717, 1.165) is 10.9 Å². The minimum absolute atomic E-state index is 0.307. The lowest BCUT2D eigenvalue weighted by molar-refractivity contribution is 0.1000. The van der Waals surface area contributed by atoms with Crippen molar-refractivity contribution in [1.82, 2.24) is 14.8 Å². The zero-order chi connectivity index (χ0) is 13.4. The molecule has 0 saturated heterocycles. The molecule has 19 heavy (non-hydrogen) atoms. The lowest BCUT2D eigenvalue weighted by Crippen LogP contribution is -2.15. The molecule has 2 heterocycles. The maximum Gasteiger partial charge on any atom is 0.252 e. The molecule has 0 radical (unpaired) electrons. The van der Waals surface area contributed by atoms with E-state index in [1.165, 1.54) is 12.4 Å². The third-order valence-electron chi connectivity index (χ3n) is 2.84. The molecule has 0 aliphatic carbocycles. The van der Waals surface area contributed by atoms with Gasteiger partial charge in [-0.1, -0.05) is 18.2 Å². The number of pyridine rings is 1. The van der Waals surface area contributed by atoms with Gasteiger partial charge in [0.15, 0.2) is 0 Å². The van der Waals surface area contributed by atoms with Gasteiger partial charge >= 0.3 is 0 Å². The molecule has 0 fully saturated rings. The van der Waals surface area contributed by atoms with Crippen LogP contribution in [0.5, 0.6) is 0 Å². The average Bonchev–Trinajstić information content (AvgIpc) is 2.83. The highest BCUT2D eigenvalue weighted by atomic mass is 16.1. The number of rotatable bonds is 2. The van der Waals surface area contributed by atoms with E-state index >= 15 is 0 Å². The zero-order valence-electron chi connectivity index (χ0n) is 9.95. The molecule has 94 valence electrons. The summed E-state index contributed by atoms with van der Waals surface area (Å²) in [5.74, 6) is -0.553. The molecule has 6 nitrogen and oxygen atoms in total. The van der Waals surface area contributed by atoms with Crippen LogP contribution in [-0.2, 0) is 0 Å². The highest BCUT2D eigenvalue weighted by Crippen LogP contribution is 2.24. The Kier molecular flexibility index (Phi) is 2.42. The summed E-state index contributed by atoms with van der Waals surface area (Å²) in [4.78, 5) is 15.8. The van der Waals surface area contributed by atoms with Crippen LogP contribution in [0.4, 0.5) is 5.69 Å². The van der Waals surface area contributed by atoms with Gasteiger partial charge in [-0.25, -0.2) is 4.68 Å². The van der Waals surface area contributed by atoms with Gasteiger partial charge in [-0.3, -0.25) is 9.78 Å². The summed E-state index contributed by atoms with van der Waals surface area (Å²) in [5, 5.41) is 4.93. The Balaban J connectivity index is 2.41. The first-order valence-corrected chi connectivity index (χ1v) is 5.65. The van der Waals surface area contributed by atoms with Crippen LogP contribution in [0, 0.1) is 0 Å². The molecule has 0 bridgehead atoms. The Morgan fingerprint density at radius 2 is 2.00 bits per heavy atom. The monoisotopic (exact) mass is 253 g/mol. The Morgan fingerprint density at radius 3 is 2.68 bits per heavy atom. The fourth-order valence-corrected chi connectivity index (χ4v) is 2.01. The van der Waals surface area contributed by atoms with Crippen molar-refractivity contribution in [1.29, 1.82) is 0 Å². The number of fused-ring (bicyclic) bond motifs is 1. The van der Waals surface area contributed by atoms with Crippen LogP contribution in [0.3, 0.4) is 0 Å². The van der Waals surface area contributed by atoms with Crippen molar-refractivity contribution in [3.8, 4) is 5.69 Å². The smallest absolute Gasteiger partial charge is 0.252 e. The number of aromatic nitrogens is 3. The Morgan fingerprint density at radius 1 is 1.21 bits per heavy atom. The van der Waals surface area contributed by atoms with Crippen LogP contribution in [-0.4, -0.2) is 20.7 Å². The second-order valence-electron chi connectivity index (χ2n) is 4.12. The van der Waals surface area contributed by atoms with Crippen molar-refractivity contribution in [3.05, 3.63) is 48.4 Å². The van der Waals surface area contributed by atoms with E-state index < -0.39 is 5.91 Å². The summed E-state index contributed by atoms with van der Waals surface area (Å²) in [5.41, 5.74) is 13.2. The number of nitrogen functional groups attached to an aromatic ring is 1. The van der Waals surface area contributed by atoms with Crippen LogP contribution in [0.25, 0.3) is 16.6 Å². The topological polar surface area (TPSA) is 99.8 Å². The normalized spacial score (nSPS) is 10.7. The van der Waals surface area contributed by atoms with E-state index in [1.807, 2.05) is 24.3 Å². The lowest BCUT2D eigenvalue weighted by atomic mass is 10.1. The second-order valence-corrected chi connectivity index (χ2v) is 4.12. The van der Waals surface area contributed by atoms with E-state index in [0.29, 0.717) is 16.9 Å². The fourth-order valence-electron chi connectivity index (χ4n) is 2.01. The Bertz CT molecular complexity index is 778. The summed E-state index contributed by atoms with van der Waals surface area (Å²) in [7, 11) is 0. The molecule has 2 aromatic heterocycles. The highest BCUT2D eigenvalue weighted by molar-refractivity contribution is 6.03. The predicted molar refractivity (Wildman–Crippen MR) is 71.8 cm³/mol. The summed E-state index contributed by atoms with van der Waals surface area (Å²) in [6.45, 7) is 0. The summed E-state index contributed by atoms with van der Waals surface area (Å²) < 4.78 is 1.54. The number of benzene rings is 1. The van der Waals surface area contributed by atoms with Crippen LogP contribution in [0.2, 0.25) is 0 Å². The number of amides is 1. The van der Waals surface area contributed by atoms with E-state index in [2.05, 4.69) is 10.1 Å².